The molecule has 3 rings (SSSR count). The SMILES string of the molecule is CCN(CC(O)c1ccc(C)cc1)C(=O)C1CC2CCCCC2N1.Cl. The summed E-state index contributed by atoms with van der Waals surface area (Å²) in [7, 11) is 0. The third kappa shape index (κ3) is 4.75. The first-order valence-corrected chi connectivity index (χ1v) is 9.38. The van der Waals surface area contributed by atoms with Gasteiger partial charge in [0.25, 0.3) is 0 Å². The number of amides is 1. The Morgan fingerprint density at radius 3 is 2.60 bits per heavy atom. The Morgan fingerprint density at radius 1 is 1.28 bits per heavy atom. The summed E-state index contributed by atoms with van der Waals surface area (Å²) in [5.74, 6) is 0.812. The van der Waals surface area contributed by atoms with Crippen LogP contribution in [0, 0.1) is 12.8 Å². The fourth-order valence-electron chi connectivity index (χ4n) is 4.21. The highest BCUT2D eigenvalue weighted by Gasteiger charge is 2.39. The van der Waals surface area contributed by atoms with Gasteiger partial charge in [0.2, 0.25) is 5.91 Å². The largest absolute Gasteiger partial charge is 0.387 e. The highest BCUT2D eigenvalue weighted by Crippen LogP contribution is 2.33. The molecular weight excluding hydrogens is 336 g/mol. The minimum absolute atomic E-state index is 0. The van der Waals surface area contributed by atoms with Crippen LogP contribution in [0.4, 0.5) is 0 Å². The Morgan fingerprint density at radius 2 is 1.96 bits per heavy atom. The van der Waals surface area contributed by atoms with Crippen molar-refractivity contribution < 1.29 is 9.90 Å². The van der Waals surface area contributed by atoms with Gasteiger partial charge in [-0.15, -0.1) is 12.4 Å². The van der Waals surface area contributed by atoms with Crippen molar-refractivity contribution in [1.82, 2.24) is 10.2 Å². The average molecular weight is 367 g/mol. The first kappa shape index (κ1) is 20.2. The van der Waals surface area contributed by atoms with Crippen LogP contribution in [0.25, 0.3) is 0 Å². The molecule has 0 spiro atoms. The Balaban J connectivity index is 0.00000225. The number of nitrogens with one attached hydrogen (secondary N) is 1. The molecule has 1 aliphatic carbocycles. The van der Waals surface area contributed by atoms with E-state index < -0.39 is 6.10 Å². The van der Waals surface area contributed by atoms with E-state index in [0.29, 0.717) is 25.0 Å². The number of hydrogen-bond donors (Lipinski definition) is 2. The van der Waals surface area contributed by atoms with Crippen molar-refractivity contribution in [2.45, 2.75) is 64.1 Å². The number of halogens is 1. The van der Waals surface area contributed by atoms with Gasteiger partial charge in [0, 0.05) is 12.6 Å². The van der Waals surface area contributed by atoms with Gasteiger partial charge < -0.3 is 15.3 Å². The minimum atomic E-state index is -0.627. The molecule has 5 heteroatoms. The molecule has 140 valence electrons. The molecule has 2 N–H and O–H groups in total. The van der Waals surface area contributed by atoms with Gasteiger partial charge in [0.15, 0.2) is 0 Å². The van der Waals surface area contributed by atoms with Crippen molar-refractivity contribution in [3.8, 4) is 0 Å². The van der Waals surface area contributed by atoms with Gasteiger partial charge in [-0.25, -0.2) is 0 Å². The van der Waals surface area contributed by atoms with Gasteiger partial charge in [0.1, 0.15) is 0 Å². The van der Waals surface area contributed by atoms with Gasteiger partial charge in [0.05, 0.1) is 18.7 Å². The average Bonchev–Trinajstić information content (AvgIpc) is 3.03. The molecule has 0 radical (unpaired) electrons. The summed E-state index contributed by atoms with van der Waals surface area (Å²) in [5, 5.41) is 14.1. The van der Waals surface area contributed by atoms with Crippen LogP contribution < -0.4 is 5.32 Å². The Labute approximate surface area is 157 Å². The molecule has 2 fully saturated rings. The van der Waals surface area contributed by atoms with E-state index in [1.165, 1.54) is 31.2 Å². The third-order valence-corrected chi connectivity index (χ3v) is 5.71. The second-order valence-electron chi connectivity index (χ2n) is 7.41. The predicted octanol–water partition coefficient (Wildman–Crippen LogP) is 3.22. The van der Waals surface area contributed by atoms with Crippen LogP contribution in [-0.2, 0) is 4.79 Å². The Hall–Kier alpha value is -1.10. The monoisotopic (exact) mass is 366 g/mol. The molecule has 0 aromatic heterocycles. The summed E-state index contributed by atoms with van der Waals surface area (Å²) in [6.45, 7) is 5.02. The molecule has 1 amide bonds. The zero-order valence-electron chi connectivity index (χ0n) is 15.3. The third-order valence-electron chi connectivity index (χ3n) is 5.71. The summed E-state index contributed by atoms with van der Waals surface area (Å²) < 4.78 is 0. The van der Waals surface area contributed by atoms with Crippen molar-refractivity contribution >= 4 is 18.3 Å². The van der Waals surface area contributed by atoms with Crippen LogP contribution in [0.3, 0.4) is 0 Å². The zero-order chi connectivity index (χ0) is 17.1. The number of aliphatic hydroxyl groups is 1. The van der Waals surface area contributed by atoms with E-state index in [0.717, 1.165) is 12.0 Å². The van der Waals surface area contributed by atoms with Crippen molar-refractivity contribution in [1.29, 1.82) is 0 Å². The number of fused-ring (bicyclic) bond motifs is 1. The van der Waals surface area contributed by atoms with E-state index in [1.807, 2.05) is 38.1 Å². The van der Waals surface area contributed by atoms with Crippen LogP contribution in [0.1, 0.15) is 56.3 Å². The number of carbonyl (C=O) groups excluding carboxylic acids is 1. The number of benzene rings is 1. The van der Waals surface area contributed by atoms with Crippen molar-refractivity contribution in [3.05, 3.63) is 35.4 Å². The number of hydrogen-bond acceptors (Lipinski definition) is 3. The van der Waals surface area contributed by atoms with Crippen molar-refractivity contribution in [3.63, 3.8) is 0 Å². The first-order chi connectivity index (χ1) is 11.6. The zero-order valence-corrected chi connectivity index (χ0v) is 16.1. The smallest absolute Gasteiger partial charge is 0.239 e. The van der Waals surface area contributed by atoms with Gasteiger partial charge in [-0.1, -0.05) is 42.7 Å². The van der Waals surface area contributed by atoms with Gasteiger partial charge in [-0.3, -0.25) is 4.79 Å². The van der Waals surface area contributed by atoms with E-state index >= 15 is 0 Å². The Kier molecular flexibility index (Phi) is 7.29. The molecule has 1 heterocycles. The molecule has 1 aromatic rings. The molecule has 4 nitrogen and oxygen atoms in total. The normalized spacial score (nSPS) is 26.4. The highest BCUT2D eigenvalue weighted by atomic mass is 35.5. The summed E-state index contributed by atoms with van der Waals surface area (Å²) in [6, 6.07) is 8.35. The molecule has 4 atom stereocenters. The van der Waals surface area contributed by atoms with Crippen LogP contribution in [0.5, 0.6) is 0 Å². The number of likely N-dealkylation sites (N-methyl/N-ethyl adjacent to an activating group) is 1. The van der Waals surface area contributed by atoms with E-state index in [2.05, 4.69) is 5.32 Å². The molecular formula is C20H31ClN2O2. The van der Waals surface area contributed by atoms with Crippen molar-refractivity contribution in [2.24, 2.45) is 5.92 Å². The van der Waals surface area contributed by atoms with Crippen LogP contribution in [0.15, 0.2) is 24.3 Å². The highest BCUT2D eigenvalue weighted by molar-refractivity contribution is 5.85. The summed E-state index contributed by atoms with van der Waals surface area (Å²) >= 11 is 0. The first-order valence-electron chi connectivity index (χ1n) is 9.38. The molecule has 1 aliphatic heterocycles. The minimum Gasteiger partial charge on any atom is -0.387 e. The lowest BCUT2D eigenvalue weighted by Gasteiger charge is -2.27. The summed E-state index contributed by atoms with van der Waals surface area (Å²) in [4.78, 5) is 14.7. The standard InChI is InChI=1S/C20H30N2O2.ClH/c1-3-22(13-19(23)15-10-8-14(2)9-11-15)20(24)18-12-16-6-4-5-7-17(16)21-18;/h8-11,16-19,21,23H,3-7,12-13H2,1-2H3;1H. The van der Waals surface area contributed by atoms with E-state index in [1.54, 1.807) is 4.90 Å². The molecule has 1 saturated heterocycles. The van der Waals surface area contributed by atoms with E-state index in [-0.39, 0.29) is 24.4 Å². The van der Waals surface area contributed by atoms with Gasteiger partial charge in [-0.2, -0.15) is 0 Å². The summed E-state index contributed by atoms with van der Waals surface area (Å²) in [6.07, 6.45) is 5.36. The Bertz CT molecular complexity index is 549. The van der Waals surface area contributed by atoms with Crippen LogP contribution in [0.2, 0.25) is 0 Å². The number of aryl methyl sites for hydroxylation is 1. The fourth-order valence-corrected chi connectivity index (χ4v) is 4.21. The quantitative estimate of drug-likeness (QED) is 0.841. The van der Waals surface area contributed by atoms with E-state index in [9.17, 15) is 9.90 Å². The number of carbonyl (C=O) groups is 1. The van der Waals surface area contributed by atoms with Gasteiger partial charge >= 0.3 is 0 Å². The molecule has 4 unspecified atom stereocenters. The second-order valence-corrected chi connectivity index (χ2v) is 7.41. The molecule has 1 saturated carbocycles. The maximum Gasteiger partial charge on any atom is 0.239 e. The fraction of sp³-hybridized carbons (Fsp3) is 0.650. The summed E-state index contributed by atoms with van der Waals surface area (Å²) in [5.41, 5.74) is 2.05. The lowest BCUT2D eigenvalue weighted by Crippen LogP contribution is -2.46. The maximum atomic E-state index is 12.9. The molecule has 2 aliphatic rings. The lowest BCUT2D eigenvalue weighted by molar-refractivity contribution is -0.134. The molecule has 25 heavy (non-hydrogen) atoms. The second kappa shape index (κ2) is 9.02. The van der Waals surface area contributed by atoms with Gasteiger partial charge in [-0.05, 0) is 44.6 Å². The predicted molar refractivity (Wildman–Crippen MR) is 103 cm³/mol. The maximum absolute atomic E-state index is 12.9. The van der Waals surface area contributed by atoms with E-state index in [4.69, 9.17) is 0 Å². The van der Waals surface area contributed by atoms with Crippen LogP contribution in [-0.4, -0.2) is 41.1 Å². The number of rotatable bonds is 5. The lowest BCUT2D eigenvalue weighted by atomic mass is 9.85. The topological polar surface area (TPSA) is 52.6 Å². The molecule has 0 bridgehead atoms. The number of nitrogens with zero attached hydrogens (tertiary/aromatic N) is 1. The van der Waals surface area contributed by atoms with Crippen LogP contribution >= 0.6 is 12.4 Å². The molecule has 1 aromatic carbocycles. The number of aliphatic hydroxyl groups excluding tert-OH is 1. The van der Waals surface area contributed by atoms with Crippen molar-refractivity contribution in [2.75, 3.05) is 13.1 Å².